The second-order valence-corrected chi connectivity index (χ2v) is 4.84. The molecule has 1 heterocycles. The number of carbonyl (C=O) groups is 1. The van der Waals surface area contributed by atoms with E-state index in [0.29, 0.717) is 12.1 Å². The minimum Gasteiger partial charge on any atom is -0.543 e. The van der Waals surface area contributed by atoms with Crippen molar-refractivity contribution in [1.82, 2.24) is 9.97 Å². The van der Waals surface area contributed by atoms with Gasteiger partial charge in [0.1, 0.15) is 11.9 Å². The highest BCUT2D eigenvalue weighted by atomic mass is 35.5. The topological polar surface area (TPSA) is 92.6 Å². The molecule has 0 fully saturated rings. The summed E-state index contributed by atoms with van der Waals surface area (Å²) in [6, 6.07) is 2.75. The molecule has 0 saturated carbocycles. The molecular formula is C12H3Cl2F3N3O2-. The zero-order valence-electron chi connectivity index (χ0n) is 10.3. The number of nitrogens with one attached hydrogen (secondary N) is 1. The highest BCUT2D eigenvalue weighted by molar-refractivity contribution is 6.39. The van der Waals surface area contributed by atoms with Gasteiger partial charge in [-0.2, -0.15) is 18.4 Å². The maximum Gasteiger partial charge on any atom is 0.416 e. The fourth-order valence-corrected chi connectivity index (χ4v) is 2.35. The number of rotatable bonds is 2. The summed E-state index contributed by atoms with van der Waals surface area (Å²) in [5.74, 6) is -1.95. The van der Waals surface area contributed by atoms with Crippen LogP contribution in [0.25, 0.3) is 11.4 Å². The van der Waals surface area contributed by atoms with Gasteiger partial charge in [0.2, 0.25) is 0 Å². The SMILES string of the molecule is N#Cc1nc(-c2c(Cl)cc(C(F)(F)F)cc2Cl)[nH]c1C(=O)[O-]. The van der Waals surface area contributed by atoms with Crippen molar-refractivity contribution in [2.45, 2.75) is 6.18 Å². The lowest BCUT2D eigenvalue weighted by molar-refractivity contribution is -0.255. The highest BCUT2D eigenvalue weighted by Gasteiger charge is 2.32. The molecule has 0 aliphatic carbocycles. The van der Waals surface area contributed by atoms with Crippen LogP contribution >= 0.6 is 23.2 Å². The van der Waals surface area contributed by atoms with Crippen molar-refractivity contribution >= 4 is 29.2 Å². The Morgan fingerprint density at radius 1 is 1.32 bits per heavy atom. The molecule has 1 aromatic heterocycles. The number of alkyl halides is 3. The molecule has 2 aromatic rings. The van der Waals surface area contributed by atoms with Crippen LogP contribution in [0, 0.1) is 11.3 Å². The molecular weight excluding hydrogens is 346 g/mol. The maximum absolute atomic E-state index is 12.6. The van der Waals surface area contributed by atoms with Gasteiger partial charge in [0.25, 0.3) is 0 Å². The van der Waals surface area contributed by atoms with Crippen LogP contribution in [0.5, 0.6) is 0 Å². The number of nitrogens with zero attached hydrogens (tertiary/aromatic N) is 2. The number of nitriles is 1. The van der Waals surface area contributed by atoms with E-state index in [-0.39, 0.29) is 11.4 Å². The van der Waals surface area contributed by atoms with E-state index in [1.165, 1.54) is 6.07 Å². The molecule has 0 amide bonds. The zero-order chi connectivity index (χ0) is 16.7. The lowest BCUT2D eigenvalue weighted by Gasteiger charge is -2.10. The molecule has 0 bridgehead atoms. The number of benzene rings is 1. The Labute approximate surface area is 130 Å². The monoisotopic (exact) mass is 348 g/mol. The molecule has 0 saturated heterocycles. The van der Waals surface area contributed by atoms with Crippen molar-refractivity contribution in [2.24, 2.45) is 0 Å². The summed E-state index contributed by atoms with van der Waals surface area (Å²) in [4.78, 5) is 16.7. The molecule has 0 unspecified atom stereocenters. The van der Waals surface area contributed by atoms with Crippen molar-refractivity contribution < 1.29 is 23.1 Å². The number of hydrogen-bond donors (Lipinski definition) is 1. The van der Waals surface area contributed by atoms with E-state index >= 15 is 0 Å². The Bertz CT molecular complexity index is 786. The first-order valence-corrected chi connectivity index (χ1v) is 6.18. The summed E-state index contributed by atoms with van der Waals surface area (Å²) < 4.78 is 37.9. The summed E-state index contributed by atoms with van der Waals surface area (Å²) in [6.45, 7) is 0. The number of halogens is 5. The summed E-state index contributed by atoms with van der Waals surface area (Å²) in [6.07, 6.45) is -4.65. The molecule has 1 aromatic carbocycles. The summed E-state index contributed by atoms with van der Waals surface area (Å²) in [5.41, 5.74) is -2.34. The molecule has 5 nitrogen and oxygen atoms in total. The first-order valence-electron chi connectivity index (χ1n) is 5.43. The number of carboxylic acid groups (broad SMARTS) is 1. The Balaban J connectivity index is 2.64. The predicted molar refractivity (Wildman–Crippen MR) is 68.1 cm³/mol. The largest absolute Gasteiger partial charge is 0.543 e. The van der Waals surface area contributed by atoms with Crippen LogP contribution in [-0.2, 0) is 6.18 Å². The van der Waals surface area contributed by atoms with Crippen LogP contribution in [0.15, 0.2) is 12.1 Å². The third-order valence-corrected chi connectivity index (χ3v) is 3.22. The Kier molecular flexibility index (Phi) is 4.04. The van der Waals surface area contributed by atoms with E-state index in [0.717, 1.165) is 0 Å². The number of aromatic carboxylic acids is 1. The van der Waals surface area contributed by atoms with Gasteiger partial charge in [-0.3, -0.25) is 0 Å². The summed E-state index contributed by atoms with van der Waals surface area (Å²) in [5, 5.41) is 18.8. The van der Waals surface area contributed by atoms with Gasteiger partial charge in [0, 0.05) is 0 Å². The van der Waals surface area contributed by atoms with Gasteiger partial charge in [-0.1, -0.05) is 23.2 Å². The molecule has 0 atom stereocenters. The van der Waals surface area contributed by atoms with Gasteiger partial charge in [0.15, 0.2) is 5.69 Å². The fraction of sp³-hybridized carbons (Fsp3) is 0.0833. The van der Waals surface area contributed by atoms with E-state index in [9.17, 15) is 23.1 Å². The van der Waals surface area contributed by atoms with Crippen molar-refractivity contribution in [2.75, 3.05) is 0 Å². The second-order valence-electron chi connectivity index (χ2n) is 4.02. The molecule has 0 aliphatic heterocycles. The highest BCUT2D eigenvalue weighted by Crippen LogP contribution is 2.39. The third-order valence-electron chi connectivity index (χ3n) is 2.62. The van der Waals surface area contributed by atoms with E-state index in [1.807, 2.05) is 0 Å². The average molecular weight is 349 g/mol. The van der Waals surface area contributed by atoms with Crippen molar-refractivity contribution in [1.29, 1.82) is 5.26 Å². The molecule has 0 aliphatic rings. The van der Waals surface area contributed by atoms with Crippen molar-refractivity contribution in [3.05, 3.63) is 39.1 Å². The number of imidazole rings is 1. The third kappa shape index (κ3) is 2.86. The van der Waals surface area contributed by atoms with Gasteiger partial charge in [0.05, 0.1) is 32.8 Å². The van der Waals surface area contributed by atoms with Crippen LogP contribution in [0.1, 0.15) is 21.7 Å². The standard InChI is InChI=1S/C12H4Cl2F3N3O2/c13-5-1-4(12(15,16)17)2-6(14)8(5)10-19-7(3-18)9(20-10)11(21)22/h1-2H,(H,19,20)(H,21,22)/p-1. The molecule has 1 N–H and O–H groups in total. The van der Waals surface area contributed by atoms with E-state index < -0.39 is 39.1 Å². The van der Waals surface area contributed by atoms with E-state index in [1.54, 1.807) is 0 Å². The van der Waals surface area contributed by atoms with Gasteiger partial charge < -0.3 is 14.9 Å². The number of aromatic nitrogens is 2. The molecule has 22 heavy (non-hydrogen) atoms. The van der Waals surface area contributed by atoms with Crippen LogP contribution in [-0.4, -0.2) is 15.9 Å². The maximum atomic E-state index is 12.6. The number of hydrogen-bond acceptors (Lipinski definition) is 4. The summed E-state index contributed by atoms with van der Waals surface area (Å²) in [7, 11) is 0. The normalized spacial score (nSPS) is 11.3. The average Bonchev–Trinajstić information content (AvgIpc) is 2.80. The van der Waals surface area contributed by atoms with Crippen LogP contribution in [0.4, 0.5) is 13.2 Å². The summed E-state index contributed by atoms with van der Waals surface area (Å²) >= 11 is 11.5. The van der Waals surface area contributed by atoms with Crippen molar-refractivity contribution in [3.63, 3.8) is 0 Å². The molecule has 0 spiro atoms. The minimum atomic E-state index is -4.65. The molecule has 10 heteroatoms. The van der Waals surface area contributed by atoms with E-state index in [4.69, 9.17) is 28.5 Å². The second kappa shape index (κ2) is 5.51. The molecule has 114 valence electrons. The Morgan fingerprint density at radius 3 is 2.23 bits per heavy atom. The smallest absolute Gasteiger partial charge is 0.416 e. The fourth-order valence-electron chi connectivity index (χ4n) is 1.68. The van der Waals surface area contributed by atoms with Crippen molar-refractivity contribution in [3.8, 4) is 17.5 Å². The lowest BCUT2D eigenvalue weighted by atomic mass is 10.1. The van der Waals surface area contributed by atoms with Crippen LogP contribution in [0.2, 0.25) is 10.0 Å². The Morgan fingerprint density at radius 2 is 1.86 bits per heavy atom. The first-order chi connectivity index (χ1) is 10.1. The lowest BCUT2D eigenvalue weighted by Crippen LogP contribution is -2.23. The predicted octanol–water partition coefficient (Wildman–Crippen LogP) is 2.64. The van der Waals surface area contributed by atoms with Crippen LogP contribution < -0.4 is 5.11 Å². The van der Waals surface area contributed by atoms with Gasteiger partial charge in [-0.05, 0) is 12.1 Å². The minimum absolute atomic E-state index is 0.152. The number of aromatic amines is 1. The number of carboxylic acids is 1. The quantitative estimate of drug-likeness (QED) is 0.902. The Hall–Kier alpha value is -2.24. The number of carbonyl (C=O) groups excluding carboxylic acids is 1. The van der Waals surface area contributed by atoms with E-state index in [2.05, 4.69) is 9.97 Å². The first kappa shape index (κ1) is 16.1. The molecule has 0 radical (unpaired) electrons. The van der Waals surface area contributed by atoms with Gasteiger partial charge in [-0.15, -0.1) is 0 Å². The zero-order valence-corrected chi connectivity index (χ0v) is 11.8. The molecule has 2 rings (SSSR count). The van der Waals surface area contributed by atoms with Gasteiger partial charge >= 0.3 is 6.18 Å². The van der Waals surface area contributed by atoms with Gasteiger partial charge in [-0.25, -0.2) is 4.98 Å². The van der Waals surface area contributed by atoms with Crippen LogP contribution in [0.3, 0.4) is 0 Å². The number of H-pyrrole nitrogens is 1.